The minimum Gasteiger partial charge on any atom is -0.229 e. The number of piperidine rings is 1. The normalized spacial score (nSPS) is 31.8. The second kappa shape index (κ2) is 5.90. The molecule has 2 atom stereocenters. The molecule has 0 N–H and O–H groups in total. The lowest BCUT2D eigenvalue weighted by molar-refractivity contribution is 0.247. The summed E-state index contributed by atoms with van der Waals surface area (Å²) in [5.41, 5.74) is 0. The maximum absolute atomic E-state index is 12.7. The van der Waals surface area contributed by atoms with Gasteiger partial charge in [0.05, 0.1) is 11.5 Å². The molecule has 0 saturated carbocycles. The van der Waals surface area contributed by atoms with Gasteiger partial charge in [-0.05, 0) is 25.2 Å². The number of sulfone groups is 1. The number of hydrogen-bond donors (Lipinski definition) is 0. The first-order valence-corrected chi connectivity index (χ1v) is 10.5. The summed E-state index contributed by atoms with van der Waals surface area (Å²) in [6.07, 6.45) is 2.34. The Morgan fingerprint density at radius 3 is 2.50 bits per heavy atom. The van der Waals surface area contributed by atoms with Crippen molar-refractivity contribution in [3.8, 4) is 0 Å². The van der Waals surface area contributed by atoms with E-state index < -0.39 is 26.1 Å². The van der Waals surface area contributed by atoms with Crippen molar-refractivity contribution in [2.75, 3.05) is 31.1 Å². The van der Waals surface area contributed by atoms with Gasteiger partial charge in [0, 0.05) is 25.7 Å². The lowest BCUT2D eigenvalue weighted by Crippen LogP contribution is -2.51. The summed E-state index contributed by atoms with van der Waals surface area (Å²) in [6, 6.07) is -0.396. The molecule has 0 radical (unpaired) electrons. The van der Waals surface area contributed by atoms with E-state index in [1.165, 1.54) is 8.61 Å². The van der Waals surface area contributed by atoms with Crippen LogP contribution in [0.25, 0.3) is 0 Å². The highest BCUT2D eigenvalue weighted by Crippen LogP contribution is 2.25. The Hall–Kier alpha value is -0.180. The molecule has 2 aliphatic heterocycles. The molecule has 6 nitrogen and oxygen atoms in total. The van der Waals surface area contributed by atoms with Crippen molar-refractivity contribution in [3.63, 3.8) is 0 Å². The average molecular weight is 324 g/mol. The summed E-state index contributed by atoms with van der Waals surface area (Å²) in [7, 11) is -6.62. The molecule has 0 amide bonds. The third kappa shape index (κ3) is 3.35. The van der Waals surface area contributed by atoms with Crippen molar-refractivity contribution in [1.29, 1.82) is 0 Å². The van der Waals surface area contributed by atoms with Crippen molar-refractivity contribution in [2.45, 2.75) is 39.2 Å². The van der Waals surface area contributed by atoms with Crippen molar-refractivity contribution < 1.29 is 16.8 Å². The van der Waals surface area contributed by atoms with Crippen LogP contribution in [0.15, 0.2) is 0 Å². The van der Waals surface area contributed by atoms with Crippen molar-refractivity contribution in [2.24, 2.45) is 5.92 Å². The van der Waals surface area contributed by atoms with E-state index >= 15 is 0 Å². The largest absolute Gasteiger partial charge is 0.282 e. The third-order valence-corrected chi connectivity index (χ3v) is 8.05. The van der Waals surface area contributed by atoms with Gasteiger partial charge in [0.1, 0.15) is 0 Å². The molecule has 0 aromatic heterocycles. The van der Waals surface area contributed by atoms with E-state index in [1.807, 2.05) is 0 Å². The van der Waals surface area contributed by atoms with Crippen LogP contribution >= 0.6 is 0 Å². The Balaban J connectivity index is 2.17. The highest BCUT2D eigenvalue weighted by molar-refractivity contribution is 7.91. The first kappa shape index (κ1) is 16.2. The molecule has 2 unspecified atom stereocenters. The van der Waals surface area contributed by atoms with E-state index in [0.717, 1.165) is 12.8 Å². The first-order chi connectivity index (χ1) is 9.26. The molecule has 2 saturated heterocycles. The van der Waals surface area contributed by atoms with Gasteiger partial charge in [0.25, 0.3) is 10.2 Å². The molecule has 2 heterocycles. The van der Waals surface area contributed by atoms with Crippen molar-refractivity contribution in [1.82, 2.24) is 8.61 Å². The maximum atomic E-state index is 12.7. The Morgan fingerprint density at radius 2 is 2.00 bits per heavy atom. The Labute approximate surface area is 122 Å². The second-order valence-electron chi connectivity index (χ2n) is 5.87. The summed E-state index contributed by atoms with van der Waals surface area (Å²) < 4.78 is 51.5. The van der Waals surface area contributed by atoms with Gasteiger partial charge < -0.3 is 0 Å². The summed E-state index contributed by atoms with van der Waals surface area (Å²) in [5.74, 6) is 0.424. The van der Waals surface area contributed by atoms with Gasteiger partial charge in [-0.3, -0.25) is 0 Å². The highest BCUT2D eigenvalue weighted by Gasteiger charge is 2.40. The minimum atomic E-state index is -3.54. The molecule has 0 aromatic carbocycles. The number of rotatable bonds is 4. The maximum Gasteiger partial charge on any atom is 0.282 e. The SMILES string of the molecule is CCN(C1CCS(=O)(=O)C1)S(=O)(=O)N1CCCC(C)C1. The molecular weight excluding hydrogens is 300 g/mol. The fourth-order valence-electron chi connectivity index (χ4n) is 3.12. The predicted molar refractivity (Wildman–Crippen MR) is 78.3 cm³/mol. The fourth-order valence-corrected chi connectivity index (χ4v) is 6.92. The van der Waals surface area contributed by atoms with Gasteiger partial charge in [-0.2, -0.15) is 17.0 Å². The number of hydrogen-bond acceptors (Lipinski definition) is 4. The average Bonchev–Trinajstić information content (AvgIpc) is 2.70. The highest BCUT2D eigenvalue weighted by atomic mass is 32.2. The van der Waals surface area contributed by atoms with Crippen LogP contribution in [0.4, 0.5) is 0 Å². The van der Waals surface area contributed by atoms with Gasteiger partial charge in [-0.1, -0.05) is 13.8 Å². The fraction of sp³-hybridized carbons (Fsp3) is 1.00. The molecule has 2 rings (SSSR count). The van der Waals surface area contributed by atoms with Gasteiger partial charge in [0.15, 0.2) is 9.84 Å². The van der Waals surface area contributed by atoms with E-state index in [-0.39, 0.29) is 11.5 Å². The van der Waals surface area contributed by atoms with Crippen LogP contribution in [0.1, 0.15) is 33.1 Å². The van der Waals surface area contributed by atoms with Gasteiger partial charge in [0.2, 0.25) is 0 Å². The van der Waals surface area contributed by atoms with Crippen molar-refractivity contribution >= 4 is 20.0 Å². The summed E-state index contributed by atoms with van der Waals surface area (Å²) in [6.45, 7) is 5.24. The van der Waals surface area contributed by atoms with Crippen LogP contribution in [0.5, 0.6) is 0 Å². The molecule has 8 heteroatoms. The van der Waals surface area contributed by atoms with E-state index in [2.05, 4.69) is 6.92 Å². The molecule has 0 bridgehead atoms. The van der Waals surface area contributed by atoms with Crippen LogP contribution in [-0.4, -0.2) is 62.6 Å². The van der Waals surface area contributed by atoms with E-state index in [9.17, 15) is 16.8 Å². The molecule has 0 aliphatic carbocycles. The zero-order valence-corrected chi connectivity index (χ0v) is 13.8. The number of nitrogens with zero attached hydrogens (tertiary/aromatic N) is 2. The summed E-state index contributed by atoms with van der Waals surface area (Å²) >= 11 is 0. The van der Waals surface area contributed by atoms with Crippen LogP contribution in [0.2, 0.25) is 0 Å². The Kier molecular flexibility index (Phi) is 4.78. The topological polar surface area (TPSA) is 74.8 Å². The third-order valence-electron chi connectivity index (χ3n) is 4.17. The minimum absolute atomic E-state index is 0.0382. The molecule has 20 heavy (non-hydrogen) atoms. The van der Waals surface area contributed by atoms with Gasteiger partial charge >= 0.3 is 0 Å². The molecule has 0 spiro atoms. The molecule has 2 fully saturated rings. The zero-order chi connectivity index (χ0) is 15.0. The van der Waals surface area contributed by atoms with Crippen LogP contribution in [0, 0.1) is 5.92 Å². The monoisotopic (exact) mass is 324 g/mol. The molecular formula is C12H24N2O4S2. The summed E-state index contributed by atoms with van der Waals surface area (Å²) in [5, 5.41) is 0. The molecule has 2 aliphatic rings. The second-order valence-corrected chi connectivity index (χ2v) is 9.98. The molecule has 118 valence electrons. The smallest absolute Gasteiger partial charge is 0.229 e. The standard InChI is InChI=1S/C12H24N2O4S2/c1-3-14(12-6-8-19(15,16)10-12)20(17,18)13-7-4-5-11(2)9-13/h11-12H,3-10H2,1-2H3. The lowest BCUT2D eigenvalue weighted by Gasteiger charge is -2.36. The van der Waals surface area contributed by atoms with E-state index in [4.69, 9.17) is 0 Å². The molecule has 0 aromatic rings. The van der Waals surface area contributed by atoms with E-state index in [1.54, 1.807) is 6.92 Å². The first-order valence-electron chi connectivity index (χ1n) is 7.23. The van der Waals surface area contributed by atoms with Crippen LogP contribution in [-0.2, 0) is 20.0 Å². The Bertz CT molecular complexity index is 544. The van der Waals surface area contributed by atoms with E-state index in [0.29, 0.717) is 32.0 Å². The van der Waals surface area contributed by atoms with Gasteiger partial charge in [-0.15, -0.1) is 0 Å². The Morgan fingerprint density at radius 1 is 1.30 bits per heavy atom. The van der Waals surface area contributed by atoms with Crippen LogP contribution < -0.4 is 0 Å². The lowest BCUT2D eigenvalue weighted by atomic mass is 10.0. The van der Waals surface area contributed by atoms with Crippen molar-refractivity contribution in [3.05, 3.63) is 0 Å². The predicted octanol–water partition coefficient (Wildman–Crippen LogP) is 0.472. The quantitative estimate of drug-likeness (QED) is 0.753. The van der Waals surface area contributed by atoms with Gasteiger partial charge in [-0.25, -0.2) is 8.42 Å². The summed E-state index contributed by atoms with van der Waals surface area (Å²) in [4.78, 5) is 0. The van der Waals surface area contributed by atoms with Crippen LogP contribution in [0.3, 0.4) is 0 Å². The zero-order valence-electron chi connectivity index (χ0n) is 12.2.